The predicted octanol–water partition coefficient (Wildman–Crippen LogP) is 2.69. The van der Waals surface area contributed by atoms with Crippen molar-refractivity contribution in [2.75, 3.05) is 13.1 Å². The summed E-state index contributed by atoms with van der Waals surface area (Å²) >= 11 is 0. The first-order chi connectivity index (χ1) is 9.72. The van der Waals surface area contributed by atoms with Crippen molar-refractivity contribution in [2.45, 2.75) is 58.1 Å². The molecule has 7 atom stereocenters. The van der Waals surface area contributed by atoms with Crippen LogP contribution in [0.2, 0.25) is 0 Å². The highest BCUT2D eigenvalue weighted by atomic mass is 16.6. The van der Waals surface area contributed by atoms with Crippen molar-refractivity contribution < 1.29 is 9.53 Å². The molecule has 0 aromatic carbocycles. The van der Waals surface area contributed by atoms with E-state index in [1.165, 1.54) is 45.2 Å². The SMILES string of the molecule is CC[C@H]1[C@@H]2CCCCN3CC[C@H]([C@@H]4[C@H]1OC(=O)[C@@H]4C)[C@H]23. The van der Waals surface area contributed by atoms with Gasteiger partial charge in [-0.25, -0.2) is 0 Å². The van der Waals surface area contributed by atoms with Crippen molar-refractivity contribution in [2.24, 2.45) is 29.6 Å². The van der Waals surface area contributed by atoms with Gasteiger partial charge in [0.2, 0.25) is 0 Å². The topological polar surface area (TPSA) is 29.5 Å². The normalized spacial score (nSPS) is 51.3. The van der Waals surface area contributed by atoms with E-state index >= 15 is 0 Å². The highest BCUT2D eigenvalue weighted by molar-refractivity contribution is 5.75. The van der Waals surface area contributed by atoms with Crippen molar-refractivity contribution in [1.29, 1.82) is 0 Å². The van der Waals surface area contributed by atoms with Gasteiger partial charge in [-0.1, -0.05) is 20.3 Å². The molecule has 1 aliphatic carbocycles. The molecule has 0 spiro atoms. The number of esters is 1. The Morgan fingerprint density at radius 3 is 2.85 bits per heavy atom. The zero-order valence-electron chi connectivity index (χ0n) is 12.8. The lowest BCUT2D eigenvalue weighted by Gasteiger charge is -2.48. The number of ether oxygens (including phenoxy) is 1. The summed E-state index contributed by atoms with van der Waals surface area (Å²) in [6, 6.07) is 0.751. The maximum Gasteiger partial charge on any atom is 0.309 e. The number of carbonyl (C=O) groups is 1. The van der Waals surface area contributed by atoms with E-state index in [1.54, 1.807) is 0 Å². The molecule has 3 aliphatic heterocycles. The van der Waals surface area contributed by atoms with Crippen LogP contribution in [0.15, 0.2) is 0 Å². The van der Waals surface area contributed by atoms with Gasteiger partial charge in [-0.05, 0) is 50.6 Å². The second kappa shape index (κ2) is 4.72. The molecule has 4 rings (SSSR count). The Balaban J connectivity index is 1.74. The molecular formula is C17H27NO2. The molecule has 4 aliphatic rings. The molecule has 3 heteroatoms. The first-order valence-electron chi connectivity index (χ1n) is 8.67. The first kappa shape index (κ1) is 13.1. The monoisotopic (exact) mass is 277 g/mol. The molecule has 3 saturated heterocycles. The van der Waals surface area contributed by atoms with Gasteiger partial charge in [0.15, 0.2) is 0 Å². The molecule has 3 heterocycles. The van der Waals surface area contributed by atoms with E-state index in [2.05, 4.69) is 18.7 Å². The molecule has 0 aromatic rings. The Morgan fingerprint density at radius 1 is 1.20 bits per heavy atom. The molecule has 3 nitrogen and oxygen atoms in total. The number of rotatable bonds is 1. The summed E-state index contributed by atoms with van der Waals surface area (Å²) in [6.07, 6.45) is 6.77. The average molecular weight is 277 g/mol. The molecule has 0 aromatic heterocycles. The molecule has 4 fully saturated rings. The quantitative estimate of drug-likeness (QED) is 0.690. The molecule has 112 valence electrons. The molecule has 0 unspecified atom stereocenters. The fraction of sp³-hybridized carbons (Fsp3) is 0.941. The smallest absolute Gasteiger partial charge is 0.309 e. The Kier molecular flexibility index (Phi) is 3.10. The summed E-state index contributed by atoms with van der Waals surface area (Å²) in [5.74, 6) is 2.80. The lowest BCUT2D eigenvalue weighted by Crippen LogP contribution is -2.53. The van der Waals surface area contributed by atoms with Crippen LogP contribution < -0.4 is 0 Å². The Morgan fingerprint density at radius 2 is 2.05 bits per heavy atom. The lowest BCUT2D eigenvalue weighted by atomic mass is 9.60. The molecular weight excluding hydrogens is 250 g/mol. The number of hydrogen-bond donors (Lipinski definition) is 0. The van der Waals surface area contributed by atoms with Crippen LogP contribution in [-0.4, -0.2) is 36.1 Å². The molecule has 0 bridgehead atoms. The van der Waals surface area contributed by atoms with E-state index in [9.17, 15) is 4.79 Å². The van der Waals surface area contributed by atoms with Crippen molar-refractivity contribution in [3.05, 3.63) is 0 Å². The van der Waals surface area contributed by atoms with Crippen molar-refractivity contribution >= 4 is 5.97 Å². The van der Waals surface area contributed by atoms with Gasteiger partial charge in [-0.2, -0.15) is 0 Å². The van der Waals surface area contributed by atoms with Crippen LogP contribution in [0.5, 0.6) is 0 Å². The van der Waals surface area contributed by atoms with Crippen LogP contribution in [0.25, 0.3) is 0 Å². The Labute approximate surface area is 122 Å². The lowest BCUT2D eigenvalue weighted by molar-refractivity contribution is -0.148. The summed E-state index contributed by atoms with van der Waals surface area (Å²) < 4.78 is 5.86. The predicted molar refractivity (Wildman–Crippen MR) is 77.1 cm³/mol. The first-order valence-corrected chi connectivity index (χ1v) is 8.67. The third-order valence-corrected chi connectivity index (χ3v) is 6.80. The van der Waals surface area contributed by atoms with Gasteiger partial charge in [0.05, 0.1) is 5.92 Å². The van der Waals surface area contributed by atoms with E-state index in [-0.39, 0.29) is 18.0 Å². The molecule has 0 N–H and O–H groups in total. The minimum Gasteiger partial charge on any atom is -0.462 e. The fourth-order valence-electron chi connectivity index (χ4n) is 6.04. The van der Waals surface area contributed by atoms with Gasteiger partial charge in [0, 0.05) is 17.9 Å². The van der Waals surface area contributed by atoms with E-state index in [1.807, 2.05) is 0 Å². The summed E-state index contributed by atoms with van der Waals surface area (Å²) in [7, 11) is 0. The van der Waals surface area contributed by atoms with Crippen molar-refractivity contribution in [3.8, 4) is 0 Å². The highest BCUT2D eigenvalue weighted by Crippen LogP contribution is 2.55. The van der Waals surface area contributed by atoms with Crippen LogP contribution in [0.1, 0.15) is 46.0 Å². The maximum absolute atomic E-state index is 12.1. The fourth-order valence-corrected chi connectivity index (χ4v) is 6.04. The van der Waals surface area contributed by atoms with Gasteiger partial charge in [-0.15, -0.1) is 0 Å². The van der Waals surface area contributed by atoms with Gasteiger partial charge < -0.3 is 4.74 Å². The third-order valence-electron chi connectivity index (χ3n) is 6.80. The van der Waals surface area contributed by atoms with Crippen molar-refractivity contribution in [1.82, 2.24) is 4.90 Å². The zero-order chi connectivity index (χ0) is 13.9. The largest absolute Gasteiger partial charge is 0.462 e. The summed E-state index contributed by atoms with van der Waals surface area (Å²) in [4.78, 5) is 14.9. The number of nitrogens with zero attached hydrogens (tertiary/aromatic N) is 1. The van der Waals surface area contributed by atoms with Crippen LogP contribution >= 0.6 is 0 Å². The highest BCUT2D eigenvalue weighted by Gasteiger charge is 2.60. The minimum absolute atomic E-state index is 0.0772. The summed E-state index contributed by atoms with van der Waals surface area (Å²) in [6.45, 7) is 6.95. The Hall–Kier alpha value is -0.570. The molecule has 0 amide bonds. The summed E-state index contributed by atoms with van der Waals surface area (Å²) in [5.41, 5.74) is 0. The van der Waals surface area contributed by atoms with Gasteiger partial charge in [-0.3, -0.25) is 9.69 Å². The van der Waals surface area contributed by atoms with Gasteiger partial charge in [0.25, 0.3) is 0 Å². The van der Waals surface area contributed by atoms with Crippen molar-refractivity contribution in [3.63, 3.8) is 0 Å². The van der Waals surface area contributed by atoms with Crippen LogP contribution in [0, 0.1) is 29.6 Å². The number of carbonyl (C=O) groups excluding carboxylic acids is 1. The van der Waals surface area contributed by atoms with E-state index in [4.69, 9.17) is 4.74 Å². The molecule has 1 saturated carbocycles. The second-order valence-corrected chi connectivity index (χ2v) is 7.48. The zero-order valence-corrected chi connectivity index (χ0v) is 12.8. The standard InChI is InChI=1S/C17H27NO2/c1-3-11-12-6-4-5-8-18-9-7-13(15(12)18)14-10(2)17(19)20-16(11)14/h10-16H,3-9H2,1-2H3/t10-,11+,12+,13-,14-,15+,16+/m1/s1. The third kappa shape index (κ3) is 1.65. The number of hydrogen-bond acceptors (Lipinski definition) is 3. The van der Waals surface area contributed by atoms with Crippen LogP contribution in [0.3, 0.4) is 0 Å². The summed E-state index contributed by atoms with van der Waals surface area (Å²) in [5, 5.41) is 0. The maximum atomic E-state index is 12.1. The number of fused-ring (bicyclic) bond motifs is 2. The van der Waals surface area contributed by atoms with Gasteiger partial charge in [0.1, 0.15) is 6.10 Å². The minimum atomic E-state index is 0.0772. The molecule has 0 radical (unpaired) electrons. The van der Waals surface area contributed by atoms with Crippen LogP contribution in [0.4, 0.5) is 0 Å². The Bertz CT molecular complexity index is 410. The van der Waals surface area contributed by atoms with Crippen LogP contribution in [-0.2, 0) is 9.53 Å². The van der Waals surface area contributed by atoms with E-state index < -0.39 is 0 Å². The molecule has 20 heavy (non-hydrogen) atoms. The average Bonchev–Trinajstić information content (AvgIpc) is 2.89. The van der Waals surface area contributed by atoms with Gasteiger partial charge >= 0.3 is 5.97 Å². The van der Waals surface area contributed by atoms with E-state index in [0.717, 1.165) is 12.0 Å². The second-order valence-electron chi connectivity index (χ2n) is 7.48. The van der Waals surface area contributed by atoms with E-state index in [0.29, 0.717) is 17.8 Å².